The van der Waals surface area contributed by atoms with Crippen molar-refractivity contribution in [1.29, 1.82) is 0 Å². The fourth-order valence-corrected chi connectivity index (χ4v) is 2.73. The predicted molar refractivity (Wildman–Crippen MR) is 90.7 cm³/mol. The van der Waals surface area contributed by atoms with E-state index in [1.807, 2.05) is 20.8 Å². The van der Waals surface area contributed by atoms with Crippen LogP contribution in [0.4, 0.5) is 0 Å². The van der Waals surface area contributed by atoms with Gasteiger partial charge in [0.05, 0.1) is 6.20 Å². The van der Waals surface area contributed by atoms with Crippen LogP contribution in [0.5, 0.6) is 0 Å². The first kappa shape index (κ1) is 18.0. The second-order valence-electron chi connectivity index (χ2n) is 6.59. The molecular formula is C16H20N4O3S. The van der Waals surface area contributed by atoms with Crippen LogP contribution < -0.4 is 5.32 Å². The Balaban J connectivity index is 2.05. The minimum Gasteiger partial charge on any atom is -0.480 e. The summed E-state index contributed by atoms with van der Waals surface area (Å²) in [5.41, 5.74) is 0.754. The van der Waals surface area contributed by atoms with E-state index in [2.05, 4.69) is 20.3 Å². The van der Waals surface area contributed by atoms with Gasteiger partial charge in [-0.3, -0.25) is 14.8 Å². The monoisotopic (exact) mass is 348 g/mol. The zero-order valence-electron chi connectivity index (χ0n) is 13.8. The van der Waals surface area contributed by atoms with Crippen LogP contribution in [-0.4, -0.2) is 38.0 Å². The van der Waals surface area contributed by atoms with Crippen molar-refractivity contribution >= 4 is 23.2 Å². The second-order valence-corrected chi connectivity index (χ2v) is 7.45. The van der Waals surface area contributed by atoms with Gasteiger partial charge in [-0.15, -0.1) is 11.3 Å². The van der Waals surface area contributed by atoms with Gasteiger partial charge in [-0.2, -0.15) is 0 Å². The van der Waals surface area contributed by atoms with E-state index in [4.69, 9.17) is 0 Å². The van der Waals surface area contributed by atoms with E-state index >= 15 is 0 Å². The number of nitrogens with one attached hydrogen (secondary N) is 1. The van der Waals surface area contributed by atoms with Crippen molar-refractivity contribution in [2.75, 3.05) is 0 Å². The topological polar surface area (TPSA) is 105 Å². The number of carbonyl (C=O) groups is 2. The van der Waals surface area contributed by atoms with Crippen molar-refractivity contribution in [3.8, 4) is 10.7 Å². The Morgan fingerprint density at radius 1 is 1.33 bits per heavy atom. The van der Waals surface area contributed by atoms with Gasteiger partial charge >= 0.3 is 5.97 Å². The third kappa shape index (κ3) is 5.09. The standard InChI is InChI=1S/C16H20N4O3S/c1-16(2,3)5-4-10(15(22)23)19-13(21)12-9-24-14(20-12)11-8-17-6-7-18-11/h6-10H,4-5H2,1-3H3,(H,19,21)(H,22,23). The van der Waals surface area contributed by atoms with E-state index in [-0.39, 0.29) is 11.1 Å². The second kappa shape index (κ2) is 7.48. The third-order valence-electron chi connectivity index (χ3n) is 3.31. The van der Waals surface area contributed by atoms with Crippen LogP contribution >= 0.6 is 11.3 Å². The molecule has 2 heterocycles. The molecule has 2 aromatic heterocycles. The van der Waals surface area contributed by atoms with Crippen molar-refractivity contribution < 1.29 is 14.7 Å². The van der Waals surface area contributed by atoms with E-state index in [1.165, 1.54) is 11.3 Å². The van der Waals surface area contributed by atoms with Crippen LogP contribution in [-0.2, 0) is 4.79 Å². The number of hydrogen-bond donors (Lipinski definition) is 2. The molecule has 8 heteroatoms. The number of thiazole rings is 1. The molecule has 0 aliphatic heterocycles. The van der Waals surface area contributed by atoms with Gasteiger partial charge in [0, 0.05) is 17.8 Å². The van der Waals surface area contributed by atoms with Crippen molar-refractivity contribution in [2.45, 2.75) is 39.7 Å². The van der Waals surface area contributed by atoms with Gasteiger partial charge in [0.2, 0.25) is 0 Å². The molecule has 0 saturated carbocycles. The molecule has 2 N–H and O–H groups in total. The average Bonchev–Trinajstić information content (AvgIpc) is 3.01. The van der Waals surface area contributed by atoms with E-state index in [9.17, 15) is 14.7 Å². The Bertz CT molecular complexity index is 710. The summed E-state index contributed by atoms with van der Waals surface area (Å²) in [6, 6.07) is -0.932. The largest absolute Gasteiger partial charge is 0.480 e. The number of amides is 1. The summed E-state index contributed by atoms with van der Waals surface area (Å²) >= 11 is 1.26. The lowest BCUT2D eigenvalue weighted by molar-refractivity contribution is -0.139. The van der Waals surface area contributed by atoms with E-state index < -0.39 is 17.9 Å². The average molecular weight is 348 g/mol. The molecule has 0 radical (unpaired) electrons. The highest BCUT2D eigenvalue weighted by Crippen LogP contribution is 2.23. The lowest BCUT2D eigenvalue weighted by Gasteiger charge is -2.21. The van der Waals surface area contributed by atoms with Crippen LogP contribution in [0.25, 0.3) is 10.7 Å². The maximum absolute atomic E-state index is 12.3. The molecule has 1 amide bonds. The minimum atomic E-state index is -1.04. The predicted octanol–water partition coefficient (Wildman–Crippen LogP) is 2.61. The van der Waals surface area contributed by atoms with Gasteiger partial charge in [-0.05, 0) is 18.3 Å². The number of rotatable bonds is 6. The van der Waals surface area contributed by atoms with Gasteiger partial charge < -0.3 is 10.4 Å². The highest BCUT2D eigenvalue weighted by molar-refractivity contribution is 7.13. The Hall–Kier alpha value is -2.35. The molecule has 0 aromatic carbocycles. The molecule has 2 rings (SSSR count). The number of hydrogen-bond acceptors (Lipinski definition) is 6. The SMILES string of the molecule is CC(C)(C)CCC(NC(=O)c1csc(-c2cnccn2)n1)C(=O)O. The first-order chi connectivity index (χ1) is 11.3. The van der Waals surface area contributed by atoms with Crippen LogP contribution in [0.15, 0.2) is 24.0 Å². The summed E-state index contributed by atoms with van der Waals surface area (Å²) in [5, 5.41) is 14.0. The molecule has 0 bridgehead atoms. The number of carboxylic acids is 1. The zero-order chi connectivity index (χ0) is 17.7. The molecule has 24 heavy (non-hydrogen) atoms. The Kier molecular flexibility index (Phi) is 5.61. The fraction of sp³-hybridized carbons (Fsp3) is 0.438. The molecule has 0 aliphatic carbocycles. The number of nitrogens with zero attached hydrogens (tertiary/aromatic N) is 3. The molecule has 1 unspecified atom stereocenters. The number of carbonyl (C=O) groups excluding carboxylic acids is 1. The summed E-state index contributed by atoms with van der Waals surface area (Å²) in [4.78, 5) is 35.9. The summed E-state index contributed by atoms with van der Waals surface area (Å²) in [6.45, 7) is 6.09. The molecule has 0 aliphatic rings. The van der Waals surface area contributed by atoms with Crippen LogP contribution in [0.2, 0.25) is 0 Å². The molecule has 1 atom stereocenters. The van der Waals surface area contributed by atoms with E-state index in [0.717, 1.165) is 0 Å². The number of carboxylic acid groups (broad SMARTS) is 1. The third-order valence-corrected chi connectivity index (χ3v) is 4.17. The number of aromatic nitrogens is 3. The van der Waals surface area contributed by atoms with Crippen molar-refractivity contribution in [3.63, 3.8) is 0 Å². The normalized spacial score (nSPS) is 12.6. The fourth-order valence-electron chi connectivity index (χ4n) is 1.97. The lowest BCUT2D eigenvalue weighted by atomic mass is 9.88. The van der Waals surface area contributed by atoms with Gasteiger partial charge in [0.15, 0.2) is 0 Å². The summed E-state index contributed by atoms with van der Waals surface area (Å²) in [6.07, 6.45) is 5.71. The highest BCUT2D eigenvalue weighted by Gasteiger charge is 2.24. The molecular weight excluding hydrogens is 328 g/mol. The van der Waals surface area contributed by atoms with E-state index in [0.29, 0.717) is 23.5 Å². The number of aliphatic carboxylic acids is 1. The lowest BCUT2D eigenvalue weighted by Crippen LogP contribution is -2.41. The zero-order valence-corrected chi connectivity index (χ0v) is 14.6. The quantitative estimate of drug-likeness (QED) is 0.831. The first-order valence-electron chi connectivity index (χ1n) is 7.52. The highest BCUT2D eigenvalue weighted by atomic mass is 32.1. The van der Waals surface area contributed by atoms with Crippen LogP contribution in [0.1, 0.15) is 44.1 Å². The minimum absolute atomic E-state index is 0.00178. The molecule has 0 saturated heterocycles. The van der Waals surface area contributed by atoms with Gasteiger partial charge in [-0.25, -0.2) is 9.78 Å². The summed E-state index contributed by atoms with van der Waals surface area (Å²) in [5.74, 6) is -1.54. The Morgan fingerprint density at radius 3 is 2.67 bits per heavy atom. The van der Waals surface area contributed by atoms with Gasteiger partial charge in [-0.1, -0.05) is 20.8 Å². The smallest absolute Gasteiger partial charge is 0.326 e. The molecule has 0 spiro atoms. The summed E-state index contributed by atoms with van der Waals surface area (Å²) < 4.78 is 0. The summed E-state index contributed by atoms with van der Waals surface area (Å²) in [7, 11) is 0. The van der Waals surface area contributed by atoms with Gasteiger partial charge in [0.1, 0.15) is 22.4 Å². The maximum atomic E-state index is 12.3. The Morgan fingerprint density at radius 2 is 2.08 bits per heavy atom. The molecule has 0 fully saturated rings. The Labute approximate surface area is 144 Å². The molecule has 7 nitrogen and oxygen atoms in total. The van der Waals surface area contributed by atoms with Gasteiger partial charge in [0.25, 0.3) is 5.91 Å². The molecule has 2 aromatic rings. The van der Waals surface area contributed by atoms with Crippen molar-refractivity contribution in [1.82, 2.24) is 20.3 Å². The van der Waals surface area contributed by atoms with Crippen molar-refractivity contribution in [3.05, 3.63) is 29.7 Å². The first-order valence-corrected chi connectivity index (χ1v) is 8.40. The van der Waals surface area contributed by atoms with Crippen molar-refractivity contribution in [2.24, 2.45) is 5.41 Å². The van der Waals surface area contributed by atoms with Crippen LogP contribution in [0, 0.1) is 5.41 Å². The maximum Gasteiger partial charge on any atom is 0.326 e. The van der Waals surface area contributed by atoms with Crippen LogP contribution in [0.3, 0.4) is 0 Å². The van der Waals surface area contributed by atoms with E-state index in [1.54, 1.807) is 24.0 Å². The molecule has 128 valence electrons.